The second-order valence-corrected chi connectivity index (χ2v) is 31.7. The van der Waals surface area contributed by atoms with Crippen LogP contribution in [0.1, 0.15) is 105 Å². The Balaban J connectivity index is 1.34. The lowest BCUT2D eigenvalue weighted by Gasteiger charge is -2.28. The summed E-state index contributed by atoms with van der Waals surface area (Å²) in [7, 11) is 6.02. The zero-order valence-corrected chi connectivity index (χ0v) is 62.1. The van der Waals surface area contributed by atoms with E-state index in [0.29, 0.717) is 82.4 Å². The number of carbonyl (C=O) groups is 4. The number of hydroxylamine groups is 4. The van der Waals surface area contributed by atoms with Gasteiger partial charge in [-0.05, 0) is 190 Å². The summed E-state index contributed by atoms with van der Waals surface area (Å²) in [6.45, 7) is 21.9. The second kappa shape index (κ2) is 31.4. The third-order valence-electron chi connectivity index (χ3n) is 16.0. The summed E-state index contributed by atoms with van der Waals surface area (Å²) in [4.78, 5) is 61.4. The molecule has 8 aromatic carbocycles. The van der Waals surface area contributed by atoms with Gasteiger partial charge in [0.15, 0.2) is 26.4 Å². The lowest BCUT2D eigenvalue weighted by molar-refractivity contribution is -0.126. The highest BCUT2D eigenvalue weighted by Gasteiger charge is 2.33. The summed E-state index contributed by atoms with van der Waals surface area (Å²) in [5.74, 6) is -0.535. The zero-order chi connectivity index (χ0) is 72.8. The number of hydrogen-bond donors (Lipinski definition) is 4. The molecule has 0 fully saturated rings. The van der Waals surface area contributed by atoms with Gasteiger partial charge in [-0.1, -0.05) is 130 Å². The van der Waals surface area contributed by atoms with E-state index in [1.54, 1.807) is 48.5 Å². The molecule has 528 valence electrons. The second-order valence-electron chi connectivity index (χ2n) is 27.4. The Morgan fingerprint density at radius 1 is 0.290 bits per heavy atom. The first-order valence-corrected chi connectivity index (χ1v) is 35.0. The van der Waals surface area contributed by atoms with Crippen LogP contribution >= 0.6 is 47.0 Å². The van der Waals surface area contributed by atoms with Crippen molar-refractivity contribution in [1.29, 1.82) is 0 Å². The molecule has 4 amide bonds. The van der Waals surface area contributed by atoms with E-state index in [1.165, 1.54) is 124 Å². The highest BCUT2D eigenvalue weighted by Crippen LogP contribution is 2.57. The van der Waals surface area contributed by atoms with Gasteiger partial charge in [0.2, 0.25) is 0 Å². The fourth-order valence-corrected chi connectivity index (χ4v) is 14.7. The van der Waals surface area contributed by atoms with Gasteiger partial charge in [-0.15, -0.1) is 0 Å². The fraction of sp³-hybridized carbons (Fsp3) is 0.316. The number of anilines is 4. The SMILES string of the molecule is COc1ccc(N(O)C(=O)COc2c3cc(C(C)(C)C)cc2Sc2cc(C(C)(C)C)cc(c2OCC(=O)N(O)c2ccc(OC)cc2)Sc2cc(C(C)(C)C)cc(c2OCC(=O)N(O)c2ccc(OC)cc2)Sc2cc(C(C)(C)C)cc(c2OCC(=O)N(O)c2ccc(OC)cc2)S3)cc1. The first-order chi connectivity index (χ1) is 47.2. The van der Waals surface area contributed by atoms with Gasteiger partial charge in [0.25, 0.3) is 23.6 Å². The number of nitrogens with zero attached hydrogens (tertiary/aromatic N) is 4. The van der Waals surface area contributed by atoms with Crippen LogP contribution in [0.5, 0.6) is 46.0 Å². The Labute approximate surface area is 600 Å². The molecule has 4 N–H and O–H groups in total. The number of fused-ring (bicyclic) bond motifs is 8. The minimum atomic E-state index is -0.829. The Hall–Kier alpha value is -8.72. The van der Waals surface area contributed by atoms with Gasteiger partial charge in [-0.25, -0.2) is 0 Å². The van der Waals surface area contributed by atoms with Gasteiger partial charge in [0, 0.05) is 0 Å². The molecule has 0 atom stereocenters. The van der Waals surface area contributed by atoms with Crippen molar-refractivity contribution in [2.24, 2.45) is 0 Å². The minimum Gasteiger partial charge on any atom is -0.497 e. The number of hydrogen-bond acceptors (Lipinski definition) is 20. The van der Waals surface area contributed by atoms with E-state index >= 15 is 0 Å². The predicted molar refractivity (Wildman–Crippen MR) is 388 cm³/mol. The van der Waals surface area contributed by atoms with Crippen LogP contribution < -0.4 is 58.1 Å². The Morgan fingerprint density at radius 3 is 0.570 bits per heavy atom. The molecule has 100 heavy (non-hydrogen) atoms. The summed E-state index contributed by atoms with van der Waals surface area (Å²) in [5, 5.41) is 48.2. The van der Waals surface area contributed by atoms with Crippen LogP contribution in [-0.2, 0) is 40.8 Å². The Kier molecular flexibility index (Phi) is 23.7. The number of ether oxygens (including phenoxy) is 8. The van der Waals surface area contributed by atoms with Crippen molar-refractivity contribution in [2.75, 3.05) is 75.1 Å². The van der Waals surface area contributed by atoms with Crippen molar-refractivity contribution < 1.29 is 77.9 Å². The van der Waals surface area contributed by atoms with E-state index in [9.17, 15) is 40.0 Å². The van der Waals surface area contributed by atoms with Gasteiger partial charge < -0.3 is 37.9 Å². The number of methoxy groups -OCH3 is 4. The van der Waals surface area contributed by atoms with Crippen LogP contribution in [0.4, 0.5) is 22.7 Å². The van der Waals surface area contributed by atoms with Gasteiger partial charge in [-0.3, -0.25) is 40.0 Å². The van der Waals surface area contributed by atoms with E-state index in [-0.39, 0.29) is 45.7 Å². The molecule has 1 heterocycles. The Bertz CT molecular complexity index is 3640. The summed E-state index contributed by atoms with van der Waals surface area (Å²) in [6.07, 6.45) is 0. The molecule has 1 aliphatic heterocycles. The highest BCUT2D eigenvalue weighted by molar-refractivity contribution is 8.01. The van der Waals surface area contributed by atoms with Crippen LogP contribution in [-0.4, -0.2) is 99.3 Å². The van der Waals surface area contributed by atoms with Crippen molar-refractivity contribution in [3.05, 3.63) is 168 Å². The monoisotopic (exact) mass is 1440 g/mol. The van der Waals surface area contributed by atoms with Crippen LogP contribution in [0.25, 0.3) is 0 Å². The molecule has 0 saturated heterocycles. The van der Waals surface area contributed by atoms with Crippen molar-refractivity contribution in [3.8, 4) is 46.0 Å². The molecule has 8 bridgehead atoms. The summed E-state index contributed by atoms with van der Waals surface area (Å²) >= 11 is 4.91. The molecule has 0 aliphatic carbocycles. The molecule has 0 unspecified atom stereocenters. The largest absolute Gasteiger partial charge is 0.497 e. The molecule has 0 radical (unpaired) electrons. The lowest BCUT2D eigenvalue weighted by Crippen LogP contribution is -2.32. The van der Waals surface area contributed by atoms with Gasteiger partial charge in [-0.2, -0.15) is 20.3 Å². The van der Waals surface area contributed by atoms with Crippen LogP contribution in [0.3, 0.4) is 0 Å². The molecule has 9 rings (SSSR count). The number of carbonyl (C=O) groups excluding carboxylic acids is 4. The highest BCUT2D eigenvalue weighted by atomic mass is 32.2. The average Bonchev–Trinajstić information content (AvgIpc) is 0.762. The van der Waals surface area contributed by atoms with Crippen molar-refractivity contribution in [2.45, 2.75) is 144 Å². The van der Waals surface area contributed by atoms with Crippen LogP contribution in [0, 0.1) is 0 Å². The lowest BCUT2D eigenvalue weighted by atomic mass is 9.87. The van der Waals surface area contributed by atoms with E-state index in [2.05, 4.69) is 83.1 Å². The zero-order valence-electron chi connectivity index (χ0n) is 58.8. The molecule has 8 aromatic rings. The normalized spacial score (nSPS) is 12.4. The molecule has 24 heteroatoms. The first kappa shape index (κ1) is 75.5. The van der Waals surface area contributed by atoms with Crippen molar-refractivity contribution in [3.63, 3.8) is 0 Å². The first-order valence-electron chi connectivity index (χ1n) is 31.8. The van der Waals surface area contributed by atoms with E-state index in [0.717, 1.165) is 22.3 Å². The van der Waals surface area contributed by atoms with E-state index in [1.807, 2.05) is 48.5 Å². The standard InChI is InChI=1S/C76H84N4O16S4/c1-73(2,3)45-33-57-69(93-41-65(81)77(85)49-17-25-53(89-13)26-18-49)58(34-45)98-60-36-47(75(7,8)9)38-62(71(60)95-43-67(83)79(87)51-21-29-55(91-15)30-22-51)100-64-40-48(76(10,11)12)39-63(72(64)96-44-68(84)80(88)52-23-31-56(92-16)32-24-52)99-61-37-46(74(4,5)6)35-59(97-57)70(61)94-42-66(82)78(86)50-19-27-54(90-14)28-20-50/h17-40,85-88H,41-44H2,1-16H3. The molecule has 0 saturated carbocycles. The molecular formula is C76H84N4O16S4. The van der Waals surface area contributed by atoms with Crippen LogP contribution in [0.15, 0.2) is 185 Å². The fourth-order valence-electron chi connectivity index (χ4n) is 9.94. The summed E-state index contributed by atoms with van der Waals surface area (Å²) in [5.41, 5.74) is 1.59. The van der Waals surface area contributed by atoms with E-state index in [4.69, 9.17) is 37.9 Å². The predicted octanol–water partition coefficient (Wildman–Crippen LogP) is 17.0. The maximum atomic E-state index is 14.4. The molecule has 0 spiro atoms. The molecule has 1 aliphatic rings. The van der Waals surface area contributed by atoms with Crippen LogP contribution in [0.2, 0.25) is 0 Å². The quantitative estimate of drug-likeness (QED) is 0.0410. The average molecular weight is 1440 g/mol. The number of benzene rings is 8. The summed E-state index contributed by atoms with van der Waals surface area (Å²) in [6, 6.07) is 40.7. The van der Waals surface area contributed by atoms with Crippen molar-refractivity contribution >= 4 is 93.4 Å². The van der Waals surface area contributed by atoms with E-state index < -0.39 is 71.7 Å². The molecule has 0 aromatic heterocycles. The molecular weight excluding hydrogens is 1350 g/mol. The smallest absolute Gasteiger partial charge is 0.288 e. The maximum absolute atomic E-state index is 14.4. The maximum Gasteiger partial charge on any atom is 0.288 e. The van der Waals surface area contributed by atoms with Crippen molar-refractivity contribution in [1.82, 2.24) is 0 Å². The van der Waals surface area contributed by atoms with Gasteiger partial charge in [0.05, 0.1) is 90.4 Å². The third kappa shape index (κ3) is 18.2. The van der Waals surface area contributed by atoms with Gasteiger partial charge >= 0.3 is 0 Å². The third-order valence-corrected chi connectivity index (χ3v) is 20.2. The van der Waals surface area contributed by atoms with Gasteiger partial charge in [0.1, 0.15) is 46.0 Å². The number of amides is 4. The number of rotatable bonds is 20. The summed E-state index contributed by atoms with van der Waals surface area (Å²) < 4.78 is 48.8. The topological polar surface area (TPSA) is 236 Å². The minimum absolute atomic E-state index is 0.147. The molecule has 20 nitrogen and oxygen atoms in total. The Morgan fingerprint density at radius 2 is 0.440 bits per heavy atom.